The monoisotopic (exact) mass is 322 g/mol. The van der Waals surface area contributed by atoms with Crippen LogP contribution in [0.25, 0.3) is 0 Å². The number of nitro groups is 1. The van der Waals surface area contributed by atoms with Gasteiger partial charge in [0.2, 0.25) is 0 Å². The van der Waals surface area contributed by atoms with E-state index in [1.807, 2.05) is 0 Å². The van der Waals surface area contributed by atoms with Gasteiger partial charge in [-0.1, -0.05) is 11.6 Å². The van der Waals surface area contributed by atoms with E-state index in [9.17, 15) is 14.9 Å². The molecule has 7 nitrogen and oxygen atoms in total. The number of rotatable bonds is 5. The van der Waals surface area contributed by atoms with Crippen LogP contribution in [0.15, 0.2) is 24.3 Å². The first kappa shape index (κ1) is 16.0. The van der Waals surface area contributed by atoms with Crippen LogP contribution in [0, 0.1) is 24.0 Å². The third kappa shape index (κ3) is 3.43. The normalized spacial score (nSPS) is 10.5. The predicted octanol–water partition coefficient (Wildman–Crippen LogP) is 2.49. The van der Waals surface area contributed by atoms with E-state index in [0.717, 1.165) is 0 Å². The fourth-order valence-corrected chi connectivity index (χ4v) is 2.27. The zero-order valence-electron chi connectivity index (χ0n) is 12.2. The average molecular weight is 323 g/mol. The number of halogens is 1. The minimum Gasteiger partial charge on any atom is -0.350 e. The number of aromatic nitrogens is 2. The average Bonchev–Trinajstić information content (AvgIpc) is 2.74. The summed E-state index contributed by atoms with van der Waals surface area (Å²) in [7, 11) is 0. The molecule has 0 radical (unpaired) electrons. The lowest BCUT2D eigenvalue weighted by Gasteiger charge is -2.06. The van der Waals surface area contributed by atoms with Gasteiger partial charge in [0.05, 0.1) is 11.5 Å². The van der Waals surface area contributed by atoms with E-state index >= 15 is 0 Å². The highest BCUT2D eigenvalue weighted by atomic mass is 35.5. The van der Waals surface area contributed by atoms with Gasteiger partial charge in [-0.3, -0.25) is 19.6 Å². The van der Waals surface area contributed by atoms with Crippen molar-refractivity contribution in [2.24, 2.45) is 0 Å². The van der Waals surface area contributed by atoms with Gasteiger partial charge in [0.1, 0.15) is 11.4 Å². The van der Waals surface area contributed by atoms with E-state index in [0.29, 0.717) is 35.1 Å². The Balaban J connectivity index is 1.97. The second-order valence-corrected chi connectivity index (χ2v) is 5.20. The minimum atomic E-state index is -0.444. The Hall–Kier alpha value is -2.41. The van der Waals surface area contributed by atoms with Gasteiger partial charge in [-0.2, -0.15) is 5.10 Å². The number of nitrogens with one attached hydrogen (secondary N) is 1. The molecule has 1 heterocycles. The Kier molecular flexibility index (Phi) is 4.77. The summed E-state index contributed by atoms with van der Waals surface area (Å²) in [5.74, 6) is -0.229. The Labute approximate surface area is 132 Å². The van der Waals surface area contributed by atoms with Gasteiger partial charge in [0.25, 0.3) is 5.91 Å². The summed E-state index contributed by atoms with van der Waals surface area (Å²) >= 11 is 5.76. The smallest absolute Gasteiger partial charge is 0.312 e. The second-order valence-electron chi connectivity index (χ2n) is 4.76. The fourth-order valence-electron chi connectivity index (χ4n) is 2.15. The first-order valence-electron chi connectivity index (χ1n) is 6.62. The van der Waals surface area contributed by atoms with Crippen molar-refractivity contribution in [3.63, 3.8) is 0 Å². The van der Waals surface area contributed by atoms with Crippen molar-refractivity contribution >= 4 is 23.2 Å². The van der Waals surface area contributed by atoms with Crippen LogP contribution in [-0.4, -0.2) is 27.2 Å². The summed E-state index contributed by atoms with van der Waals surface area (Å²) in [5, 5.41) is 18.3. The molecular formula is C14H15ClN4O3. The third-order valence-electron chi connectivity index (χ3n) is 3.24. The lowest BCUT2D eigenvalue weighted by Crippen LogP contribution is -2.27. The molecule has 8 heteroatoms. The molecule has 0 spiro atoms. The number of carbonyl (C=O) groups is 1. The summed E-state index contributed by atoms with van der Waals surface area (Å²) in [4.78, 5) is 22.4. The molecule has 0 bridgehead atoms. The van der Waals surface area contributed by atoms with E-state index in [2.05, 4.69) is 10.4 Å². The standard InChI is InChI=1S/C14H15ClN4O3/c1-9-13(19(21)22)10(2)18(17-9)8-7-16-14(20)11-3-5-12(15)6-4-11/h3-6H,7-8H2,1-2H3,(H,16,20). The first-order chi connectivity index (χ1) is 10.4. The topological polar surface area (TPSA) is 90.1 Å². The zero-order valence-corrected chi connectivity index (χ0v) is 12.9. The lowest BCUT2D eigenvalue weighted by molar-refractivity contribution is -0.386. The number of aryl methyl sites for hydroxylation is 1. The number of hydrogen-bond donors (Lipinski definition) is 1. The molecule has 1 amide bonds. The molecule has 1 aromatic carbocycles. The molecule has 116 valence electrons. The molecule has 0 aliphatic heterocycles. The summed E-state index contributed by atoms with van der Waals surface area (Å²) in [6, 6.07) is 6.54. The second kappa shape index (κ2) is 6.57. The number of benzene rings is 1. The number of carbonyl (C=O) groups excluding carboxylic acids is 1. The minimum absolute atomic E-state index is 0.0176. The van der Waals surface area contributed by atoms with Crippen LogP contribution >= 0.6 is 11.6 Å². The van der Waals surface area contributed by atoms with E-state index < -0.39 is 4.92 Å². The summed E-state index contributed by atoms with van der Waals surface area (Å²) in [6.07, 6.45) is 0. The molecule has 0 aliphatic rings. The Morgan fingerprint density at radius 1 is 1.36 bits per heavy atom. The van der Waals surface area contributed by atoms with Crippen LogP contribution in [0.4, 0.5) is 5.69 Å². The van der Waals surface area contributed by atoms with E-state index in [1.165, 1.54) is 4.68 Å². The first-order valence-corrected chi connectivity index (χ1v) is 7.00. The molecule has 0 saturated carbocycles. The third-order valence-corrected chi connectivity index (χ3v) is 3.49. The van der Waals surface area contributed by atoms with Gasteiger partial charge >= 0.3 is 5.69 Å². The quantitative estimate of drug-likeness (QED) is 0.676. The highest BCUT2D eigenvalue weighted by molar-refractivity contribution is 6.30. The molecule has 0 atom stereocenters. The van der Waals surface area contributed by atoms with Crippen molar-refractivity contribution in [1.29, 1.82) is 0 Å². The van der Waals surface area contributed by atoms with Crippen LogP contribution in [0.5, 0.6) is 0 Å². The molecule has 2 aromatic rings. The zero-order chi connectivity index (χ0) is 16.3. The van der Waals surface area contributed by atoms with Crippen LogP contribution in [-0.2, 0) is 6.54 Å². The summed E-state index contributed by atoms with van der Waals surface area (Å²) < 4.78 is 1.52. The maximum atomic E-state index is 11.9. The van der Waals surface area contributed by atoms with Crippen molar-refractivity contribution in [2.75, 3.05) is 6.54 Å². The number of amides is 1. The molecule has 0 aliphatic carbocycles. The molecule has 22 heavy (non-hydrogen) atoms. The van der Waals surface area contributed by atoms with Crippen molar-refractivity contribution in [3.8, 4) is 0 Å². The molecule has 0 fully saturated rings. The van der Waals surface area contributed by atoms with Crippen LogP contribution in [0.1, 0.15) is 21.7 Å². The maximum Gasteiger partial charge on any atom is 0.312 e. The number of nitrogens with zero attached hydrogens (tertiary/aromatic N) is 3. The fraction of sp³-hybridized carbons (Fsp3) is 0.286. The van der Waals surface area contributed by atoms with Crippen molar-refractivity contribution in [2.45, 2.75) is 20.4 Å². The molecule has 0 saturated heterocycles. The van der Waals surface area contributed by atoms with E-state index in [4.69, 9.17) is 11.6 Å². The summed E-state index contributed by atoms with van der Waals surface area (Å²) in [5.41, 5.74) is 1.36. The van der Waals surface area contributed by atoms with Crippen molar-refractivity contribution in [1.82, 2.24) is 15.1 Å². The van der Waals surface area contributed by atoms with Gasteiger partial charge in [-0.25, -0.2) is 0 Å². The largest absolute Gasteiger partial charge is 0.350 e. The molecule has 1 aromatic heterocycles. The van der Waals surface area contributed by atoms with Crippen molar-refractivity contribution < 1.29 is 9.72 Å². The van der Waals surface area contributed by atoms with Gasteiger partial charge < -0.3 is 5.32 Å². The highest BCUT2D eigenvalue weighted by Crippen LogP contribution is 2.21. The maximum absolute atomic E-state index is 11.9. The van der Waals surface area contributed by atoms with Crippen LogP contribution in [0.3, 0.4) is 0 Å². The molecule has 1 N–H and O–H groups in total. The molecular weight excluding hydrogens is 308 g/mol. The van der Waals surface area contributed by atoms with Gasteiger partial charge in [-0.05, 0) is 38.1 Å². The van der Waals surface area contributed by atoms with Crippen LogP contribution < -0.4 is 5.32 Å². The van der Waals surface area contributed by atoms with Gasteiger partial charge in [0.15, 0.2) is 0 Å². The van der Waals surface area contributed by atoms with Crippen LogP contribution in [0.2, 0.25) is 5.02 Å². The van der Waals surface area contributed by atoms with Crippen molar-refractivity contribution in [3.05, 3.63) is 56.4 Å². The lowest BCUT2D eigenvalue weighted by atomic mass is 10.2. The van der Waals surface area contributed by atoms with E-state index in [-0.39, 0.29) is 11.6 Å². The molecule has 0 unspecified atom stereocenters. The van der Waals surface area contributed by atoms with Gasteiger partial charge in [-0.15, -0.1) is 0 Å². The molecule has 2 rings (SSSR count). The SMILES string of the molecule is Cc1nn(CCNC(=O)c2ccc(Cl)cc2)c(C)c1[N+](=O)[O-]. The highest BCUT2D eigenvalue weighted by Gasteiger charge is 2.21. The summed E-state index contributed by atoms with van der Waals surface area (Å²) in [6.45, 7) is 3.91. The van der Waals surface area contributed by atoms with Gasteiger partial charge in [0, 0.05) is 17.1 Å². The van der Waals surface area contributed by atoms with E-state index in [1.54, 1.807) is 38.1 Å². The Bertz CT molecular complexity index is 710. The number of hydrogen-bond acceptors (Lipinski definition) is 4. The Morgan fingerprint density at radius 2 is 2.00 bits per heavy atom. The predicted molar refractivity (Wildman–Crippen MR) is 82.1 cm³/mol. The Morgan fingerprint density at radius 3 is 2.55 bits per heavy atom.